The maximum atomic E-state index is 13.2. The van der Waals surface area contributed by atoms with Gasteiger partial charge in [-0.05, 0) is 36.6 Å². The van der Waals surface area contributed by atoms with Gasteiger partial charge in [0, 0.05) is 0 Å². The van der Waals surface area contributed by atoms with Gasteiger partial charge in [0.15, 0.2) is 5.66 Å². The minimum absolute atomic E-state index is 0.170. The van der Waals surface area contributed by atoms with Crippen LogP contribution in [-0.2, 0) is 23.1 Å². The van der Waals surface area contributed by atoms with Crippen LogP contribution < -0.4 is 0 Å². The molecule has 25 heavy (non-hydrogen) atoms. The molecule has 1 atom stereocenters. The first-order valence-corrected chi connectivity index (χ1v) is 9.79. The molecule has 2 rings (SSSR count). The zero-order valence-corrected chi connectivity index (χ0v) is 15.6. The Morgan fingerprint density at radius 2 is 1.56 bits per heavy atom. The lowest BCUT2D eigenvalue weighted by atomic mass is 10.0. The molecule has 6 heteroatoms. The summed E-state index contributed by atoms with van der Waals surface area (Å²) in [5, 5.41) is 0. The van der Waals surface area contributed by atoms with Gasteiger partial charge in [-0.1, -0.05) is 48.5 Å². The van der Waals surface area contributed by atoms with Crippen molar-refractivity contribution < 1.29 is 23.1 Å². The Bertz CT molecular complexity index is 734. The van der Waals surface area contributed by atoms with E-state index in [0.29, 0.717) is 5.56 Å². The monoisotopic (exact) mass is 362 g/mol. The van der Waals surface area contributed by atoms with Crippen molar-refractivity contribution in [1.82, 2.24) is 0 Å². The van der Waals surface area contributed by atoms with E-state index in [1.807, 2.05) is 48.5 Å². The highest BCUT2D eigenvalue weighted by Crippen LogP contribution is 2.61. The molecule has 5 nitrogen and oxygen atoms in total. The first kappa shape index (κ1) is 19.4. The Kier molecular flexibility index (Phi) is 6.94. The molecule has 0 saturated heterocycles. The standard InChI is InChI=1S/C19H23O5P/c1-4-23-25(21,24-5-2)18(19(20)22-3)17-13-9-12-16(14-17)15-10-7-6-8-11-15/h6-14,18H,4-5H2,1-3H3. The van der Waals surface area contributed by atoms with Crippen molar-refractivity contribution >= 4 is 13.6 Å². The van der Waals surface area contributed by atoms with Gasteiger partial charge >= 0.3 is 13.6 Å². The van der Waals surface area contributed by atoms with E-state index in [1.165, 1.54) is 7.11 Å². The van der Waals surface area contributed by atoms with E-state index in [9.17, 15) is 9.36 Å². The molecule has 134 valence electrons. The lowest BCUT2D eigenvalue weighted by Gasteiger charge is -2.25. The number of benzene rings is 2. The van der Waals surface area contributed by atoms with Crippen molar-refractivity contribution in [2.24, 2.45) is 0 Å². The molecule has 1 unspecified atom stereocenters. The van der Waals surface area contributed by atoms with Gasteiger partial charge in [0.1, 0.15) is 0 Å². The first-order chi connectivity index (χ1) is 12.1. The van der Waals surface area contributed by atoms with Gasteiger partial charge in [0.25, 0.3) is 0 Å². The van der Waals surface area contributed by atoms with Crippen molar-refractivity contribution in [2.45, 2.75) is 19.5 Å². The van der Waals surface area contributed by atoms with Crippen LogP contribution in [0.3, 0.4) is 0 Å². The highest BCUT2D eigenvalue weighted by molar-refractivity contribution is 7.55. The molecular weight excluding hydrogens is 339 g/mol. The van der Waals surface area contributed by atoms with Gasteiger partial charge in [-0.25, -0.2) is 0 Å². The Labute approximate surface area is 148 Å². The summed E-state index contributed by atoms with van der Waals surface area (Å²) in [5.41, 5.74) is 1.32. The summed E-state index contributed by atoms with van der Waals surface area (Å²) >= 11 is 0. The molecule has 0 amide bonds. The third kappa shape index (κ3) is 4.57. The average molecular weight is 362 g/mol. The lowest BCUT2D eigenvalue weighted by Crippen LogP contribution is -2.18. The molecule has 2 aromatic carbocycles. The highest BCUT2D eigenvalue weighted by atomic mass is 31.2. The van der Waals surface area contributed by atoms with E-state index < -0.39 is 19.2 Å². The van der Waals surface area contributed by atoms with E-state index in [4.69, 9.17) is 13.8 Å². The van der Waals surface area contributed by atoms with Crippen molar-refractivity contribution in [3.63, 3.8) is 0 Å². The minimum atomic E-state index is -3.71. The molecule has 0 aliphatic heterocycles. The molecular formula is C19H23O5P. The van der Waals surface area contributed by atoms with E-state index in [-0.39, 0.29) is 13.2 Å². The fourth-order valence-corrected chi connectivity index (χ4v) is 4.61. The number of hydrogen-bond acceptors (Lipinski definition) is 5. The van der Waals surface area contributed by atoms with Crippen molar-refractivity contribution in [1.29, 1.82) is 0 Å². The van der Waals surface area contributed by atoms with Crippen molar-refractivity contribution in [2.75, 3.05) is 20.3 Å². The number of carbonyl (C=O) groups excluding carboxylic acids is 1. The molecule has 0 fully saturated rings. The molecule has 0 bridgehead atoms. The molecule has 0 aromatic heterocycles. The van der Waals surface area contributed by atoms with Gasteiger partial charge < -0.3 is 13.8 Å². The third-order valence-electron chi connectivity index (χ3n) is 3.67. The third-order valence-corrected chi connectivity index (χ3v) is 6.05. The molecule has 0 aliphatic carbocycles. The van der Waals surface area contributed by atoms with Gasteiger partial charge in [-0.15, -0.1) is 0 Å². The predicted octanol–water partition coefficient (Wildman–Crippen LogP) is 4.83. The zero-order chi connectivity index (χ0) is 18.3. The molecule has 0 radical (unpaired) electrons. The van der Waals surface area contributed by atoms with E-state index in [0.717, 1.165) is 11.1 Å². The number of carbonyl (C=O) groups is 1. The quantitative estimate of drug-likeness (QED) is 0.497. The molecule has 2 aromatic rings. The number of methoxy groups -OCH3 is 1. The highest BCUT2D eigenvalue weighted by Gasteiger charge is 2.43. The number of hydrogen-bond donors (Lipinski definition) is 0. The molecule has 0 N–H and O–H groups in total. The Balaban J connectivity index is 2.52. The Morgan fingerprint density at radius 1 is 0.960 bits per heavy atom. The van der Waals surface area contributed by atoms with Crippen LogP contribution in [0.5, 0.6) is 0 Å². The van der Waals surface area contributed by atoms with Gasteiger partial charge in [0.05, 0.1) is 20.3 Å². The summed E-state index contributed by atoms with van der Waals surface area (Å²) in [7, 11) is -2.45. The Hall–Kier alpha value is -1.94. The van der Waals surface area contributed by atoms with Crippen molar-refractivity contribution in [3.05, 3.63) is 60.2 Å². The van der Waals surface area contributed by atoms with Crippen LogP contribution in [0.25, 0.3) is 11.1 Å². The zero-order valence-electron chi connectivity index (χ0n) is 14.7. The average Bonchev–Trinajstić information content (AvgIpc) is 2.63. The van der Waals surface area contributed by atoms with Crippen molar-refractivity contribution in [3.8, 4) is 11.1 Å². The second-order valence-corrected chi connectivity index (χ2v) is 7.41. The molecule has 0 heterocycles. The summed E-state index contributed by atoms with van der Waals surface area (Å²) in [6.07, 6.45) is 0. The van der Waals surface area contributed by atoms with Crippen LogP contribution in [0.4, 0.5) is 0 Å². The van der Waals surface area contributed by atoms with Crippen LogP contribution in [-0.4, -0.2) is 26.3 Å². The van der Waals surface area contributed by atoms with E-state index >= 15 is 0 Å². The van der Waals surface area contributed by atoms with E-state index in [2.05, 4.69) is 0 Å². The number of ether oxygens (including phenoxy) is 1. The lowest BCUT2D eigenvalue weighted by molar-refractivity contribution is -0.140. The Morgan fingerprint density at radius 3 is 2.12 bits per heavy atom. The predicted molar refractivity (Wildman–Crippen MR) is 97.5 cm³/mol. The van der Waals surface area contributed by atoms with Crippen LogP contribution in [0, 0.1) is 0 Å². The summed E-state index contributed by atoms with van der Waals surface area (Å²) in [4.78, 5) is 12.4. The molecule has 0 spiro atoms. The fraction of sp³-hybridized carbons (Fsp3) is 0.316. The second kappa shape index (κ2) is 8.95. The maximum Gasteiger partial charge on any atom is 0.349 e. The smallest absolute Gasteiger partial charge is 0.349 e. The second-order valence-electron chi connectivity index (χ2n) is 5.29. The van der Waals surface area contributed by atoms with Gasteiger partial charge in [-0.3, -0.25) is 9.36 Å². The maximum absolute atomic E-state index is 13.2. The molecule has 0 aliphatic rings. The SMILES string of the molecule is CCOP(=O)(OCC)C(C(=O)OC)c1cccc(-c2ccccc2)c1. The minimum Gasteiger partial charge on any atom is -0.468 e. The summed E-state index contributed by atoms with van der Waals surface area (Å²) in [6, 6.07) is 17.0. The first-order valence-electron chi connectivity index (χ1n) is 8.17. The summed E-state index contributed by atoms with van der Waals surface area (Å²) in [6.45, 7) is 3.76. The summed E-state index contributed by atoms with van der Waals surface area (Å²) < 4.78 is 28.9. The number of rotatable bonds is 8. The van der Waals surface area contributed by atoms with Crippen LogP contribution in [0.15, 0.2) is 54.6 Å². The van der Waals surface area contributed by atoms with Crippen LogP contribution in [0.2, 0.25) is 0 Å². The normalized spacial score (nSPS) is 12.6. The van der Waals surface area contributed by atoms with E-state index in [1.54, 1.807) is 19.9 Å². The largest absolute Gasteiger partial charge is 0.468 e. The topological polar surface area (TPSA) is 61.8 Å². The summed E-state index contributed by atoms with van der Waals surface area (Å²) in [5.74, 6) is -0.643. The fourth-order valence-electron chi connectivity index (χ4n) is 2.62. The van der Waals surface area contributed by atoms with Crippen LogP contribution in [0.1, 0.15) is 25.1 Å². The molecule has 0 saturated carbocycles. The van der Waals surface area contributed by atoms with Gasteiger partial charge in [-0.2, -0.15) is 0 Å². The van der Waals surface area contributed by atoms with Crippen LogP contribution >= 0.6 is 7.60 Å². The number of esters is 1. The van der Waals surface area contributed by atoms with Gasteiger partial charge in [0.2, 0.25) is 0 Å².